The number of halogens is 2. The van der Waals surface area contributed by atoms with Crippen LogP contribution in [0.15, 0.2) is 18.2 Å². The van der Waals surface area contributed by atoms with Crippen LogP contribution in [0.1, 0.15) is 11.1 Å². The highest BCUT2D eigenvalue weighted by Gasteiger charge is 2.19. The average molecular weight is 284 g/mol. The van der Waals surface area contributed by atoms with Crippen LogP contribution in [0.25, 0.3) is 6.08 Å². The Morgan fingerprint density at radius 1 is 1.55 bits per heavy atom. The largest absolute Gasteiger partial charge is 0.478 e. The molecule has 0 amide bonds. The lowest BCUT2D eigenvalue weighted by Gasteiger charge is -2.09. The fourth-order valence-electron chi connectivity index (χ4n) is 1.33. The molecule has 1 aromatic rings. The number of non-ortho nitro benzene ring substituents is 1. The first-order chi connectivity index (χ1) is 9.35. The summed E-state index contributed by atoms with van der Waals surface area (Å²) in [6, 6.07) is 3.07. The molecule has 0 fully saturated rings. The summed E-state index contributed by atoms with van der Waals surface area (Å²) in [7, 11) is 0. The molecule has 1 rings (SSSR count). The monoisotopic (exact) mass is 284 g/mol. The predicted octanol–water partition coefficient (Wildman–Crippen LogP) is 2.17. The Kier molecular flexibility index (Phi) is 4.69. The number of alkyl halides is 2. The number of carbonyl (C=O) groups is 1. The molecule has 7 nitrogen and oxygen atoms in total. The van der Waals surface area contributed by atoms with E-state index in [9.17, 15) is 23.7 Å². The van der Waals surface area contributed by atoms with Crippen LogP contribution >= 0.6 is 0 Å². The van der Waals surface area contributed by atoms with Gasteiger partial charge in [-0.2, -0.15) is 14.0 Å². The molecule has 1 aromatic carbocycles. The summed E-state index contributed by atoms with van der Waals surface area (Å²) in [4.78, 5) is 20.2. The Balaban J connectivity index is 3.48. The smallest absolute Gasteiger partial charge is 0.387 e. The van der Waals surface area contributed by atoms with Crippen LogP contribution in [-0.4, -0.2) is 22.6 Å². The van der Waals surface area contributed by atoms with Crippen molar-refractivity contribution in [1.82, 2.24) is 0 Å². The van der Waals surface area contributed by atoms with Gasteiger partial charge in [0.15, 0.2) is 5.75 Å². The normalized spacial score (nSPS) is 10.5. The maximum atomic E-state index is 12.3. The zero-order chi connectivity index (χ0) is 15.3. The van der Waals surface area contributed by atoms with Crippen molar-refractivity contribution in [3.05, 3.63) is 39.4 Å². The van der Waals surface area contributed by atoms with E-state index in [0.29, 0.717) is 6.08 Å². The Hall–Kier alpha value is -3.02. The second kappa shape index (κ2) is 6.24. The highest BCUT2D eigenvalue weighted by Crippen LogP contribution is 2.31. The van der Waals surface area contributed by atoms with E-state index in [1.165, 1.54) is 6.07 Å². The summed E-state index contributed by atoms with van der Waals surface area (Å²) < 4.78 is 28.6. The van der Waals surface area contributed by atoms with Crippen molar-refractivity contribution in [2.45, 2.75) is 6.61 Å². The van der Waals surface area contributed by atoms with Crippen molar-refractivity contribution in [3.63, 3.8) is 0 Å². The number of ether oxygens (including phenoxy) is 1. The molecule has 9 heteroatoms. The molecule has 0 unspecified atom stereocenters. The van der Waals surface area contributed by atoms with Gasteiger partial charge < -0.3 is 9.84 Å². The molecule has 0 heterocycles. The number of carboxylic acids is 1. The molecule has 0 saturated heterocycles. The van der Waals surface area contributed by atoms with Crippen LogP contribution in [0.4, 0.5) is 14.5 Å². The minimum atomic E-state index is -3.26. The fourth-order valence-corrected chi connectivity index (χ4v) is 1.33. The number of rotatable bonds is 5. The molecule has 0 atom stereocenters. The SMILES string of the molecule is N#Cc1cc([N+](=O)[O-])cc(/C=C/C(=O)O)c1OC(F)F. The number of hydrogen-bond donors (Lipinski definition) is 1. The summed E-state index contributed by atoms with van der Waals surface area (Å²) in [5.74, 6) is -2.01. The van der Waals surface area contributed by atoms with Gasteiger partial charge in [-0.15, -0.1) is 0 Å². The van der Waals surface area contributed by atoms with Crippen molar-refractivity contribution in [3.8, 4) is 11.8 Å². The number of carboxylic acid groups (broad SMARTS) is 1. The van der Waals surface area contributed by atoms with E-state index in [1.807, 2.05) is 0 Å². The van der Waals surface area contributed by atoms with Crippen molar-refractivity contribution >= 4 is 17.7 Å². The third-order valence-corrected chi connectivity index (χ3v) is 2.05. The van der Waals surface area contributed by atoms with Gasteiger partial charge in [-0.25, -0.2) is 4.79 Å². The lowest BCUT2D eigenvalue weighted by atomic mass is 10.1. The number of aliphatic carboxylic acids is 1. The van der Waals surface area contributed by atoms with Gasteiger partial charge in [0.2, 0.25) is 0 Å². The molecular weight excluding hydrogens is 278 g/mol. The van der Waals surface area contributed by atoms with E-state index < -0.39 is 34.5 Å². The topological polar surface area (TPSA) is 113 Å². The predicted molar refractivity (Wildman–Crippen MR) is 61.1 cm³/mol. The second-order valence-corrected chi connectivity index (χ2v) is 3.33. The zero-order valence-corrected chi connectivity index (χ0v) is 9.62. The van der Waals surface area contributed by atoms with E-state index in [1.54, 1.807) is 0 Å². The first kappa shape index (κ1) is 15.0. The van der Waals surface area contributed by atoms with Crippen LogP contribution in [0.2, 0.25) is 0 Å². The number of hydrogen-bond acceptors (Lipinski definition) is 5. The molecular formula is C11H6F2N2O5. The van der Waals surface area contributed by atoms with Crippen molar-refractivity contribution in [2.75, 3.05) is 0 Å². The standard InChI is InChI=1S/C11H6F2N2O5/c12-11(13)20-10-6(1-2-9(16)17)3-8(15(18)19)4-7(10)5-14/h1-4,11H,(H,16,17)/b2-1+. The lowest BCUT2D eigenvalue weighted by Crippen LogP contribution is -2.06. The van der Waals surface area contributed by atoms with Crippen molar-refractivity contribution < 1.29 is 28.3 Å². The van der Waals surface area contributed by atoms with Gasteiger partial charge in [-0.1, -0.05) is 0 Å². The summed E-state index contributed by atoms with van der Waals surface area (Å²) in [6.07, 6.45) is 1.41. The van der Waals surface area contributed by atoms with E-state index >= 15 is 0 Å². The first-order valence-electron chi connectivity index (χ1n) is 4.93. The summed E-state index contributed by atoms with van der Waals surface area (Å²) in [5.41, 5.74) is -1.35. The second-order valence-electron chi connectivity index (χ2n) is 3.33. The molecule has 0 aliphatic carbocycles. The highest BCUT2D eigenvalue weighted by molar-refractivity contribution is 5.86. The third-order valence-electron chi connectivity index (χ3n) is 2.05. The van der Waals surface area contributed by atoms with Gasteiger partial charge in [0.05, 0.1) is 4.92 Å². The third kappa shape index (κ3) is 3.74. The highest BCUT2D eigenvalue weighted by atomic mass is 19.3. The van der Waals surface area contributed by atoms with Crippen LogP contribution in [0.3, 0.4) is 0 Å². The van der Waals surface area contributed by atoms with Crippen LogP contribution in [0.5, 0.6) is 5.75 Å². The van der Waals surface area contributed by atoms with E-state index in [0.717, 1.165) is 18.2 Å². The van der Waals surface area contributed by atoms with Crippen LogP contribution in [0, 0.1) is 21.4 Å². The Labute approximate surface area is 110 Å². The maximum absolute atomic E-state index is 12.3. The molecule has 0 saturated carbocycles. The summed E-state index contributed by atoms with van der Waals surface area (Å²) in [6.45, 7) is -3.26. The molecule has 0 bridgehead atoms. The molecule has 104 valence electrons. The van der Waals surface area contributed by atoms with Crippen LogP contribution in [-0.2, 0) is 4.79 Å². The van der Waals surface area contributed by atoms with Gasteiger partial charge >= 0.3 is 12.6 Å². The molecule has 0 radical (unpaired) electrons. The molecule has 1 N–H and O–H groups in total. The average Bonchev–Trinajstić information content (AvgIpc) is 2.36. The number of benzene rings is 1. The number of nitro benzene ring substituents is 1. The summed E-state index contributed by atoms with van der Waals surface area (Å²) >= 11 is 0. The fraction of sp³-hybridized carbons (Fsp3) is 0.0909. The minimum absolute atomic E-state index is 0.307. The van der Waals surface area contributed by atoms with Crippen molar-refractivity contribution in [2.24, 2.45) is 0 Å². The van der Waals surface area contributed by atoms with Crippen molar-refractivity contribution in [1.29, 1.82) is 5.26 Å². The molecule has 20 heavy (non-hydrogen) atoms. The molecule has 0 aromatic heterocycles. The van der Waals surface area contributed by atoms with Gasteiger partial charge in [0, 0.05) is 23.8 Å². The molecule has 0 aliphatic heterocycles. The Morgan fingerprint density at radius 2 is 2.20 bits per heavy atom. The van der Waals surface area contributed by atoms with Gasteiger partial charge in [0.1, 0.15) is 11.6 Å². The van der Waals surface area contributed by atoms with Crippen LogP contribution < -0.4 is 4.74 Å². The lowest BCUT2D eigenvalue weighted by molar-refractivity contribution is -0.384. The quantitative estimate of drug-likeness (QED) is 0.503. The molecule has 0 aliphatic rings. The first-order valence-corrected chi connectivity index (χ1v) is 4.93. The Bertz CT molecular complexity index is 622. The Morgan fingerprint density at radius 3 is 2.65 bits per heavy atom. The van der Waals surface area contributed by atoms with E-state index in [-0.39, 0.29) is 5.56 Å². The van der Waals surface area contributed by atoms with E-state index in [4.69, 9.17) is 10.4 Å². The summed E-state index contributed by atoms with van der Waals surface area (Å²) in [5, 5.41) is 27.9. The van der Waals surface area contributed by atoms with Gasteiger partial charge in [0.25, 0.3) is 5.69 Å². The maximum Gasteiger partial charge on any atom is 0.387 e. The van der Waals surface area contributed by atoms with Gasteiger partial charge in [-0.05, 0) is 6.08 Å². The number of nitro groups is 1. The number of nitrogens with zero attached hydrogens (tertiary/aromatic N) is 2. The molecule has 0 spiro atoms. The zero-order valence-electron chi connectivity index (χ0n) is 9.62. The minimum Gasteiger partial charge on any atom is -0.478 e. The van der Waals surface area contributed by atoms with Gasteiger partial charge in [-0.3, -0.25) is 10.1 Å². The van der Waals surface area contributed by atoms with E-state index in [2.05, 4.69) is 4.74 Å². The number of nitriles is 1.